The Morgan fingerprint density at radius 3 is 2.62 bits per heavy atom. The van der Waals surface area contributed by atoms with Crippen LogP contribution in [-0.2, 0) is 4.74 Å². The van der Waals surface area contributed by atoms with Crippen LogP contribution in [0.5, 0.6) is 5.75 Å². The van der Waals surface area contributed by atoms with Crippen molar-refractivity contribution in [3.05, 3.63) is 29.8 Å². The van der Waals surface area contributed by atoms with Gasteiger partial charge in [-0.3, -0.25) is 0 Å². The van der Waals surface area contributed by atoms with Crippen LogP contribution in [0.1, 0.15) is 57.1 Å². The van der Waals surface area contributed by atoms with Gasteiger partial charge in [-0.05, 0) is 62.8 Å². The van der Waals surface area contributed by atoms with E-state index in [1.54, 1.807) is 0 Å². The van der Waals surface area contributed by atoms with Crippen LogP contribution in [0.4, 0.5) is 0 Å². The second-order valence-corrected chi connectivity index (χ2v) is 6.22. The first kappa shape index (κ1) is 14.9. The topological polar surface area (TPSA) is 30.5 Å². The number of ether oxygens (including phenoxy) is 2. The van der Waals surface area contributed by atoms with Gasteiger partial charge in [-0.25, -0.2) is 0 Å². The molecule has 1 saturated heterocycles. The minimum atomic E-state index is 0.382. The molecule has 0 spiro atoms. The largest absolute Gasteiger partial charge is 0.490 e. The molecule has 3 nitrogen and oxygen atoms in total. The van der Waals surface area contributed by atoms with Gasteiger partial charge in [-0.15, -0.1) is 0 Å². The quantitative estimate of drug-likeness (QED) is 0.827. The predicted molar refractivity (Wildman–Crippen MR) is 84.7 cm³/mol. The van der Waals surface area contributed by atoms with Crippen LogP contribution >= 0.6 is 0 Å². The third-order valence-electron chi connectivity index (χ3n) is 4.33. The molecule has 2 unspecified atom stereocenters. The monoisotopic (exact) mass is 289 g/mol. The van der Waals surface area contributed by atoms with Crippen LogP contribution in [0, 0.1) is 0 Å². The molecule has 116 valence electrons. The molecule has 21 heavy (non-hydrogen) atoms. The molecule has 1 N–H and O–H groups in total. The Balaban J connectivity index is 1.61. The van der Waals surface area contributed by atoms with Gasteiger partial charge in [-0.2, -0.15) is 0 Å². The Morgan fingerprint density at radius 1 is 1.19 bits per heavy atom. The molecular formula is C18H27NO2. The third kappa shape index (κ3) is 4.45. The number of rotatable bonds is 7. The van der Waals surface area contributed by atoms with Crippen molar-refractivity contribution in [3.63, 3.8) is 0 Å². The highest BCUT2D eigenvalue weighted by atomic mass is 16.5. The summed E-state index contributed by atoms with van der Waals surface area (Å²) >= 11 is 0. The third-order valence-corrected chi connectivity index (χ3v) is 4.33. The minimum Gasteiger partial charge on any atom is -0.490 e. The molecule has 1 aromatic carbocycles. The van der Waals surface area contributed by atoms with Crippen molar-refractivity contribution >= 4 is 0 Å². The first-order chi connectivity index (χ1) is 10.3. The molecule has 2 fully saturated rings. The Labute approximate surface area is 128 Å². The Morgan fingerprint density at radius 2 is 2.00 bits per heavy atom. The average molecular weight is 289 g/mol. The van der Waals surface area contributed by atoms with Crippen molar-refractivity contribution in [3.8, 4) is 5.75 Å². The van der Waals surface area contributed by atoms with Crippen molar-refractivity contribution in [2.75, 3.05) is 13.2 Å². The van der Waals surface area contributed by atoms with Crippen LogP contribution in [0.15, 0.2) is 24.3 Å². The summed E-state index contributed by atoms with van der Waals surface area (Å²) in [5.74, 6) is 1.01. The minimum absolute atomic E-state index is 0.382. The first-order valence-corrected chi connectivity index (χ1v) is 8.46. The van der Waals surface area contributed by atoms with E-state index in [0.717, 1.165) is 25.3 Å². The van der Waals surface area contributed by atoms with Crippen molar-refractivity contribution in [1.29, 1.82) is 0 Å². The molecule has 0 radical (unpaired) electrons. The van der Waals surface area contributed by atoms with E-state index in [2.05, 4.69) is 36.5 Å². The lowest BCUT2D eigenvalue weighted by Crippen LogP contribution is -2.28. The molecule has 1 aromatic rings. The fourth-order valence-electron chi connectivity index (χ4n) is 3.00. The summed E-state index contributed by atoms with van der Waals surface area (Å²) in [5.41, 5.74) is 1.34. The normalized spacial score (nSPS) is 23.8. The summed E-state index contributed by atoms with van der Waals surface area (Å²) in [5, 5.41) is 3.60. The van der Waals surface area contributed by atoms with Gasteiger partial charge in [0.05, 0.1) is 12.2 Å². The van der Waals surface area contributed by atoms with Gasteiger partial charge in [0, 0.05) is 12.6 Å². The summed E-state index contributed by atoms with van der Waals surface area (Å²) in [6, 6.07) is 9.01. The highest BCUT2D eigenvalue weighted by Gasteiger charge is 2.24. The SMILES string of the molecule is CCNC(CC1CCCCO1)c1ccc(OC2CC2)cc1. The van der Waals surface area contributed by atoms with Crippen LogP contribution in [0.25, 0.3) is 0 Å². The van der Waals surface area contributed by atoms with Crippen LogP contribution in [-0.4, -0.2) is 25.4 Å². The first-order valence-electron chi connectivity index (χ1n) is 8.46. The maximum Gasteiger partial charge on any atom is 0.119 e. The molecule has 1 aliphatic heterocycles. The molecule has 1 saturated carbocycles. The molecule has 3 rings (SSSR count). The van der Waals surface area contributed by atoms with E-state index >= 15 is 0 Å². The summed E-state index contributed by atoms with van der Waals surface area (Å²) in [7, 11) is 0. The Kier molecular flexibility index (Phi) is 5.15. The Hall–Kier alpha value is -1.06. The van der Waals surface area contributed by atoms with E-state index < -0.39 is 0 Å². The van der Waals surface area contributed by atoms with E-state index in [1.165, 1.54) is 37.7 Å². The highest BCUT2D eigenvalue weighted by Crippen LogP contribution is 2.29. The zero-order valence-corrected chi connectivity index (χ0v) is 13.0. The van der Waals surface area contributed by atoms with Gasteiger partial charge >= 0.3 is 0 Å². The van der Waals surface area contributed by atoms with E-state index in [0.29, 0.717) is 18.2 Å². The number of nitrogens with one attached hydrogen (secondary N) is 1. The molecular weight excluding hydrogens is 262 g/mol. The van der Waals surface area contributed by atoms with Gasteiger partial charge in [0.2, 0.25) is 0 Å². The summed E-state index contributed by atoms with van der Waals surface area (Å²) < 4.78 is 11.7. The fraction of sp³-hybridized carbons (Fsp3) is 0.667. The number of benzene rings is 1. The highest BCUT2D eigenvalue weighted by molar-refractivity contribution is 5.29. The standard InChI is InChI=1S/C18H27NO2/c1-2-19-18(13-17-5-3-4-12-20-17)14-6-8-15(9-7-14)21-16-10-11-16/h6-9,16-19H,2-5,10-13H2,1H3. The Bertz CT molecular complexity index is 421. The maximum atomic E-state index is 5.90. The van der Waals surface area contributed by atoms with Gasteiger partial charge in [0.1, 0.15) is 5.75 Å². The lowest BCUT2D eigenvalue weighted by atomic mass is 9.96. The summed E-state index contributed by atoms with van der Waals surface area (Å²) in [6.07, 6.45) is 8.08. The van der Waals surface area contributed by atoms with E-state index in [1.807, 2.05) is 0 Å². The van der Waals surface area contributed by atoms with Gasteiger partial charge in [0.25, 0.3) is 0 Å². The van der Waals surface area contributed by atoms with Gasteiger partial charge < -0.3 is 14.8 Å². The molecule has 0 amide bonds. The van der Waals surface area contributed by atoms with Crippen LogP contribution in [0.3, 0.4) is 0 Å². The molecule has 0 aromatic heterocycles. The zero-order chi connectivity index (χ0) is 14.5. The van der Waals surface area contributed by atoms with Crippen molar-refractivity contribution in [2.24, 2.45) is 0 Å². The molecule has 2 aliphatic rings. The molecule has 2 atom stereocenters. The smallest absolute Gasteiger partial charge is 0.119 e. The predicted octanol–water partition coefficient (Wildman–Crippen LogP) is 3.84. The molecule has 3 heteroatoms. The van der Waals surface area contributed by atoms with Crippen molar-refractivity contribution in [1.82, 2.24) is 5.32 Å². The fourth-order valence-corrected chi connectivity index (χ4v) is 3.00. The van der Waals surface area contributed by atoms with E-state index in [-0.39, 0.29) is 0 Å². The lowest BCUT2D eigenvalue weighted by molar-refractivity contribution is 0.00514. The lowest BCUT2D eigenvalue weighted by Gasteiger charge is -2.27. The maximum absolute atomic E-state index is 5.90. The van der Waals surface area contributed by atoms with Gasteiger partial charge in [-0.1, -0.05) is 19.1 Å². The zero-order valence-electron chi connectivity index (χ0n) is 13.0. The molecule has 1 heterocycles. The van der Waals surface area contributed by atoms with Crippen LogP contribution < -0.4 is 10.1 Å². The van der Waals surface area contributed by atoms with E-state index in [9.17, 15) is 0 Å². The second-order valence-electron chi connectivity index (χ2n) is 6.22. The second kappa shape index (κ2) is 7.28. The summed E-state index contributed by atoms with van der Waals surface area (Å²) in [4.78, 5) is 0. The van der Waals surface area contributed by atoms with Crippen molar-refractivity contribution < 1.29 is 9.47 Å². The number of hydrogen-bond donors (Lipinski definition) is 1. The van der Waals surface area contributed by atoms with Crippen LogP contribution in [0.2, 0.25) is 0 Å². The van der Waals surface area contributed by atoms with Crippen molar-refractivity contribution in [2.45, 2.75) is 63.7 Å². The van der Waals surface area contributed by atoms with Gasteiger partial charge in [0.15, 0.2) is 0 Å². The molecule has 0 bridgehead atoms. The summed E-state index contributed by atoms with van der Waals surface area (Å²) in [6.45, 7) is 4.08. The molecule has 1 aliphatic carbocycles. The number of hydrogen-bond acceptors (Lipinski definition) is 3. The van der Waals surface area contributed by atoms with E-state index in [4.69, 9.17) is 9.47 Å². The average Bonchev–Trinajstić information content (AvgIpc) is 3.33.